The molecule has 0 saturated carbocycles. The lowest BCUT2D eigenvalue weighted by Crippen LogP contribution is -2.36. The molecule has 6 heteroatoms. The zero-order chi connectivity index (χ0) is 17.8. The molecule has 0 spiro atoms. The molecule has 0 bridgehead atoms. The van der Waals surface area contributed by atoms with Crippen molar-refractivity contribution < 1.29 is 14.3 Å². The van der Waals surface area contributed by atoms with Crippen molar-refractivity contribution in [1.82, 2.24) is 14.3 Å². The highest BCUT2D eigenvalue weighted by atomic mass is 16.5. The van der Waals surface area contributed by atoms with Crippen LogP contribution in [0.25, 0.3) is 5.65 Å². The summed E-state index contributed by atoms with van der Waals surface area (Å²) in [5.41, 5.74) is 3.01. The minimum atomic E-state index is -0.467. The maximum absolute atomic E-state index is 12.9. The van der Waals surface area contributed by atoms with Gasteiger partial charge in [0.2, 0.25) is 0 Å². The standard InChI is InChI=1S/C19H19N3O3/c1-14-7-3-4-8-15(14)11-22(13-18(23)25-2)19(24)16-12-21-10-6-5-9-17(21)20-16/h3-10,12H,11,13H2,1-2H3. The van der Waals surface area contributed by atoms with Gasteiger partial charge < -0.3 is 14.0 Å². The Hall–Kier alpha value is -3.15. The van der Waals surface area contributed by atoms with E-state index in [-0.39, 0.29) is 12.5 Å². The van der Waals surface area contributed by atoms with E-state index < -0.39 is 5.97 Å². The van der Waals surface area contributed by atoms with Crippen molar-refractivity contribution in [2.75, 3.05) is 13.7 Å². The normalized spacial score (nSPS) is 10.6. The average Bonchev–Trinajstić information content (AvgIpc) is 3.06. The van der Waals surface area contributed by atoms with Gasteiger partial charge in [-0.25, -0.2) is 4.98 Å². The fourth-order valence-electron chi connectivity index (χ4n) is 2.61. The molecule has 0 saturated heterocycles. The van der Waals surface area contributed by atoms with E-state index in [1.807, 2.05) is 55.6 Å². The smallest absolute Gasteiger partial charge is 0.325 e. The number of rotatable bonds is 5. The minimum absolute atomic E-state index is 0.127. The first-order valence-electron chi connectivity index (χ1n) is 7.93. The summed E-state index contributed by atoms with van der Waals surface area (Å²) >= 11 is 0. The van der Waals surface area contributed by atoms with E-state index in [1.54, 1.807) is 10.6 Å². The molecule has 0 radical (unpaired) electrons. The summed E-state index contributed by atoms with van der Waals surface area (Å²) in [5, 5.41) is 0. The molecule has 0 aliphatic carbocycles. The largest absolute Gasteiger partial charge is 0.468 e. The van der Waals surface area contributed by atoms with Crippen molar-refractivity contribution in [2.45, 2.75) is 13.5 Å². The first-order valence-corrected chi connectivity index (χ1v) is 7.93. The lowest BCUT2D eigenvalue weighted by molar-refractivity contribution is -0.141. The Balaban J connectivity index is 1.91. The van der Waals surface area contributed by atoms with Crippen molar-refractivity contribution >= 4 is 17.5 Å². The van der Waals surface area contributed by atoms with Crippen LogP contribution in [0.2, 0.25) is 0 Å². The fourth-order valence-corrected chi connectivity index (χ4v) is 2.61. The second kappa shape index (κ2) is 7.17. The number of fused-ring (bicyclic) bond motifs is 1. The monoisotopic (exact) mass is 337 g/mol. The number of imidazole rings is 1. The Morgan fingerprint density at radius 2 is 1.92 bits per heavy atom. The molecule has 128 valence electrons. The third-order valence-electron chi connectivity index (χ3n) is 4.04. The molecule has 0 unspecified atom stereocenters. The van der Waals surface area contributed by atoms with E-state index in [0.717, 1.165) is 11.1 Å². The van der Waals surface area contributed by atoms with Gasteiger partial charge in [-0.3, -0.25) is 9.59 Å². The summed E-state index contributed by atoms with van der Waals surface area (Å²) in [7, 11) is 1.31. The lowest BCUT2D eigenvalue weighted by Gasteiger charge is -2.21. The molecule has 25 heavy (non-hydrogen) atoms. The number of esters is 1. The number of pyridine rings is 1. The maximum Gasteiger partial charge on any atom is 0.325 e. The average molecular weight is 337 g/mol. The molecule has 2 aromatic heterocycles. The summed E-state index contributed by atoms with van der Waals surface area (Å²) in [6, 6.07) is 13.3. The number of nitrogens with zero attached hydrogens (tertiary/aromatic N) is 3. The van der Waals surface area contributed by atoms with Crippen LogP contribution >= 0.6 is 0 Å². The van der Waals surface area contributed by atoms with Crippen LogP contribution < -0.4 is 0 Å². The van der Waals surface area contributed by atoms with Crippen LogP contribution in [-0.4, -0.2) is 39.8 Å². The molecule has 0 N–H and O–H groups in total. The highest BCUT2D eigenvalue weighted by Crippen LogP contribution is 2.14. The molecule has 0 aliphatic heterocycles. The molecule has 0 atom stereocenters. The molecular formula is C19H19N3O3. The van der Waals surface area contributed by atoms with Gasteiger partial charge in [0.15, 0.2) is 0 Å². The van der Waals surface area contributed by atoms with Crippen LogP contribution in [0.5, 0.6) is 0 Å². The van der Waals surface area contributed by atoms with Crippen molar-refractivity contribution in [3.8, 4) is 0 Å². The van der Waals surface area contributed by atoms with Crippen LogP contribution in [0.1, 0.15) is 21.6 Å². The number of hydrogen-bond acceptors (Lipinski definition) is 4. The number of benzene rings is 1. The van der Waals surface area contributed by atoms with Gasteiger partial charge in [0.1, 0.15) is 17.9 Å². The highest BCUT2D eigenvalue weighted by Gasteiger charge is 2.22. The number of carbonyl (C=O) groups excluding carboxylic acids is 2. The van der Waals surface area contributed by atoms with Gasteiger partial charge in [0.25, 0.3) is 5.91 Å². The molecule has 0 aliphatic rings. The fraction of sp³-hybridized carbons (Fsp3) is 0.211. The summed E-state index contributed by atoms with van der Waals surface area (Å²) < 4.78 is 6.51. The van der Waals surface area contributed by atoms with Crippen molar-refractivity contribution in [2.24, 2.45) is 0 Å². The Kier molecular flexibility index (Phi) is 4.79. The van der Waals surface area contributed by atoms with Crippen LogP contribution in [0.4, 0.5) is 0 Å². The second-order valence-corrected chi connectivity index (χ2v) is 5.76. The predicted molar refractivity (Wildman–Crippen MR) is 93.1 cm³/mol. The Morgan fingerprint density at radius 3 is 2.64 bits per heavy atom. The Bertz CT molecular complexity index is 884. The first kappa shape index (κ1) is 16.7. The van der Waals surface area contributed by atoms with Gasteiger partial charge in [-0.1, -0.05) is 30.3 Å². The van der Waals surface area contributed by atoms with E-state index in [0.29, 0.717) is 17.9 Å². The third-order valence-corrected chi connectivity index (χ3v) is 4.04. The van der Waals surface area contributed by atoms with Crippen molar-refractivity contribution in [3.05, 3.63) is 71.7 Å². The molecule has 0 fully saturated rings. The zero-order valence-electron chi connectivity index (χ0n) is 14.2. The molecule has 3 rings (SSSR count). The van der Waals surface area contributed by atoms with Gasteiger partial charge in [-0.05, 0) is 30.2 Å². The number of methoxy groups -OCH3 is 1. The van der Waals surface area contributed by atoms with Crippen LogP contribution in [0, 0.1) is 6.92 Å². The van der Waals surface area contributed by atoms with E-state index in [9.17, 15) is 9.59 Å². The molecule has 1 aromatic carbocycles. The third kappa shape index (κ3) is 3.68. The Morgan fingerprint density at radius 1 is 1.16 bits per heavy atom. The molecule has 6 nitrogen and oxygen atoms in total. The van der Waals surface area contributed by atoms with Crippen LogP contribution in [0.15, 0.2) is 54.9 Å². The number of aryl methyl sites for hydroxylation is 1. The Labute approximate surface area is 145 Å². The maximum atomic E-state index is 12.9. The quantitative estimate of drug-likeness (QED) is 0.671. The topological polar surface area (TPSA) is 63.9 Å². The minimum Gasteiger partial charge on any atom is -0.468 e. The van der Waals surface area contributed by atoms with Gasteiger partial charge in [-0.15, -0.1) is 0 Å². The number of hydrogen-bond donors (Lipinski definition) is 0. The second-order valence-electron chi connectivity index (χ2n) is 5.76. The number of amides is 1. The van der Waals surface area contributed by atoms with Crippen molar-refractivity contribution in [3.63, 3.8) is 0 Å². The van der Waals surface area contributed by atoms with Crippen molar-refractivity contribution in [1.29, 1.82) is 0 Å². The summed E-state index contributed by atoms with van der Waals surface area (Å²) in [6.07, 6.45) is 3.49. The summed E-state index contributed by atoms with van der Waals surface area (Å²) in [5.74, 6) is -0.775. The molecule has 3 aromatic rings. The highest BCUT2D eigenvalue weighted by molar-refractivity contribution is 5.94. The van der Waals surface area contributed by atoms with Gasteiger partial charge >= 0.3 is 5.97 Å². The summed E-state index contributed by atoms with van der Waals surface area (Å²) in [6.45, 7) is 2.16. The molecule has 2 heterocycles. The number of carbonyl (C=O) groups is 2. The SMILES string of the molecule is COC(=O)CN(Cc1ccccc1C)C(=O)c1cn2ccccc2n1. The summed E-state index contributed by atoms with van der Waals surface area (Å²) in [4.78, 5) is 30.5. The van der Waals surface area contributed by atoms with Crippen LogP contribution in [0.3, 0.4) is 0 Å². The number of ether oxygens (including phenoxy) is 1. The van der Waals surface area contributed by atoms with E-state index in [2.05, 4.69) is 4.98 Å². The van der Waals surface area contributed by atoms with Crippen LogP contribution in [-0.2, 0) is 16.1 Å². The molecular weight excluding hydrogens is 318 g/mol. The zero-order valence-corrected chi connectivity index (χ0v) is 14.2. The first-order chi connectivity index (χ1) is 12.1. The van der Waals surface area contributed by atoms with Gasteiger partial charge in [0.05, 0.1) is 7.11 Å². The van der Waals surface area contributed by atoms with E-state index in [1.165, 1.54) is 12.0 Å². The predicted octanol–water partition coefficient (Wildman–Crippen LogP) is 2.46. The van der Waals surface area contributed by atoms with Gasteiger partial charge in [0, 0.05) is 18.9 Å². The van der Waals surface area contributed by atoms with Gasteiger partial charge in [-0.2, -0.15) is 0 Å². The lowest BCUT2D eigenvalue weighted by atomic mass is 10.1. The van der Waals surface area contributed by atoms with E-state index >= 15 is 0 Å². The molecule has 1 amide bonds. The van der Waals surface area contributed by atoms with E-state index in [4.69, 9.17) is 4.74 Å². The number of aromatic nitrogens is 2.